The van der Waals surface area contributed by atoms with E-state index in [2.05, 4.69) is 25.8 Å². The summed E-state index contributed by atoms with van der Waals surface area (Å²) >= 11 is 0. The Morgan fingerprint density at radius 3 is 3.00 bits per heavy atom. The fraction of sp³-hybridized carbons (Fsp3) is 0.526. The van der Waals surface area contributed by atoms with Crippen LogP contribution in [-0.2, 0) is 22.0 Å². The molecule has 0 bridgehead atoms. The highest BCUT2D eigenvalue weighted by atomic mass is 32.2. The van der Waals surface area contributed by atoms with Gasteiger partial charge in [0.1, 0.15) is 11.9 Å². The van der Waals surface area contributed by atoms with Crippen LogP contribution in [0.4, 0.5) is 16.4 Å². The standard InChI is InChI=1S/C19H25N5O3S/c1-11(2)21-19(25)27-14-4-3-12(7-14)15-8-18(24-23-15)22-17-9-16-13(10-20-17)5-6-28(16)26/h8-12,14H,3-7H2,1-2H3,(H,21,25)(H2,20,22,23,24). The van der Waals surface area contributed by atoms with Gasteiger partial charge in [-0.05, 0) is 51.2 Å². The van der Waals surface area contributed by atoms with Gasteiger partial charge < -0.3 is 15.4 Å². The van der Waals surface area contributed by atoms with Crippen LogP contribution in [0.2, 0.25) is 0 Å². The molecule has 150 valence electrons. The van der Waals surface area contributed by atoms with Gasteiger partial charge in [0.25, 0.3) is 0 Å². The third kappa shape index (κ3) is 4.19. The highest BCUT2D eigenvalue weighted by molar-refractivity contribution is 7.85. The number of nitrogens with one attached hydrogen (secondary N) is 3. The van der Waals surface area contributed by atoms with E-state index >= 15 is 0 Å². The summed E-state index contributed by atoms with van der Waals surface area (Å²) in [6.45, 7) is 3.82. The van der Waals surface area contributed by atoms with Crippen molar-refractivity contribution in [3.8, 4) is 0 Å². The van der Waals surface area contributed by atoms with Crippen LogP contribution in [0.3, 0.4) is 0 Å². The summed E-state index contributed by atoms with van der Waals surface area (Å²) in [5.74, 6) is 2.27. The summed E-state index contributed by atoms with van der Waals surface area (Å²) in [7, 11) is -0.931. The van der Waals surface area contributed by atoms with Gasteiger partial charge in [-0.2, -0.15) is 5.10 Å². The van der Waals surface area contributed by atoms with Gasteiger partial charge in [0.15, 0.2) is 5.82 Å². The van der Waals surface area contributed by atoms with Crippen LogP contribution in [0.1, 0.15) is 50.3 Å². The number of aromatic nitrogens is 3. The van der Waals surface area contributed by atoms with Crippen LogP contribution >= 0.6 is 0 Å². The van der Waals surface area contributed by atoms with E-state index in [-0.39, 0.29) is 24.2 Å². The molecule has 28 heavy (non-hydrogen) atoms. The summed E-state index contributed by atoms with van der Waals surface area (Å²) in [6, 6.07) is 3.88. The minimum atomic E-state index is -0.931. The highest BCUT2D eigenvalue weighted by Crippen LogP contribution is 2.36. The minimum Gasteiger partial charge on any atom is -0.446 e. The average Bonchev–Trinajstić information content (AvgIpc) is 3.36. The average molecular weight is 404 g/mol. The van der Waals surface area contributed by atoms with E-state index in [1.54, 1.807) is 6.20 Å². The Balaban J connectivity index is 1.36. The van der Waals surface area contributed by atoms with Gasteiger partial charge in [-0.25, -0.2) is 9.78 Å². The van der Waals surface area contributed by atoms with E-state index in [0.29, 0.717) is 17.4 Å². The van der Waals surface area contributed by atoms with Crippen molar-refractivity contribution in [2.75, 3.05) is 11.1 Å². The number of H-pyrrole nitrogens is 1. The maximum absolute atomic E-state index is 12.0. The second kappa shape index (κ2) is 7.90. The first kappa shape index (κ1) is 18.9. The third-order valence-corrected chi connectivity index (χ3v) is 6.55. The molecule has 2 aromatic heterocycles. The van der Waals surface area contributed by atoms with Gasteiger partial charge in [0.05, 0.1) is 10.8 Å². The first-order valence-corrected chi connectivity index (χ1v) is 11.0. The first-order valence-electron chi connectivity index (χ1n) is 9.64. The molecule has 1 saturated carbocycles. The molecule has 4 rings (SSSR count). The number of hydrogen-bond acceptors (Lipinski definition) is 6. The van der Waals surface area contributed by atoms with E-state index in [1.165, 1.54) is 0 Å². The second-order valence-corrected chi connectivity index (χ2v) is 9.19. The Morgan fingerprint density at radius 1 is 1.32 bits per heavy atom. The summed E-state index contributed by atoms with van der Waals surface area (Å²) in [4.78, 5) is 17.0. The Hall–Kier alpha value is -2.42. The van der Waals surface area contributed by atoms with E-state index in [0.717, 1.165) is 41.8 Å². The molecule has 0 radical (unpaired) electrons. The van der Waals surface area contributed by atoms with Crippen molar-refractivity contribution in [3.63, 3.8) is 0 Å². The van der Waals surface area contributed by atoms with Crippen molar-refractivity contribution in [3.05, 3.63) is 29.6 Å². The number of pyridine rings is 1. The van der Waals surface area contributed by atoms with Crippen LogP contribution in [-0.4, -0.2) is 43.4 Å². The van der Waals surface area contributed by atoms with Crippen molar-refractivity contribution >= 4 is 28.5 Å². The zero-order valence-electron chi connectivity index (χ0n) is 16.0. The molecule has 3 N–H and O–H groups in total. The molecular formula is C19H25N5O3S. The van der Waals surface area contributed by atoms with Gasteiger partial charge in [-0.3, -0.25) is 9.31 Å². The Morgan fingerprint density at radius 2 is 2.18 bits per heavy atom. The van der Waals surface area contributed by atoms with Gasteiger partial charge in [-0.15, -0.1) is 0 Å². The van der Waals surface area contributed by atoms with Crippen molar-refractivity contribution < 1.29 is 13.7 Å². The first-order chi connectivity index (χ1) is 13.5. The molecule has 1 aliphatic carbocycles. The quantitative estimate of drug-likeness (QED) is 0.708. The molecule has 2 aromatic rings. The van der Waals surface area contributed by atoms with Gasteiger partial charge >= 0.3 is 6.09 Å². The molecule has 0 saturated heterocycles. The smallest absolute Gasteiger partial charge is 0.407 e. The molecule has 3 unspecified atom stereocenters. The van der Waals surface area contributed by atoms with Gasteiger partial charge in [0, 0.05) is 40.6 Å². The normalized spacial score (nSPS) is 23.6. The number of nitrogens with zero attached hydrogens (tertiary/aromatic N) is 2. The molecule has 1 amide bonds. The number of amides is 1. The number of aromatic amines is 1. The van der Waals surface area contributed by atoms with Crippen molar-refractivity contribution in [1.29, 1.82) is 0 Å². The lowest BCUT2D eigenvalue weighted by Gasteiger charge is -2.14. The van der Waals surface area contributed by atoms with E-state index in [9.17, 15) is 9.00 Å². The number of rotatable bonds is 5. The number of fused-ring (bicyclic) bond motifs is 1. The number of hydrogen-bond donors (Lipinski definition) is 3. The summed E-state index contributed by atoms with van der Waals surface area (Å²) < 4.78 is 17.5. The summed E-state index contributed by atoms with van der Waals surface area (Å²) in [5.41, 5.74) is 2.08. The number of aryl methyl sites for hydroxylation is 1. The zero-order valence-corrected chi connectivity index (χ0v) is 16.8. The predicted octanol–water partition coefficient (Wildman–Crippen LogP) is 2.98. The highest BCUT2D eigenvalue weighted by Gasteiger charge is 2.30. The van der Waals surface area contributed by atoms with Crippen LogP contribution in [0, 0.1) is 0 Å². The topological polar surface area (TPSA) is 109 Å². The number of carbonyl (C=O) groups excluding carboxylic acids is 1. The predicted molar refractivity (Wildman–Crippen MR) is 106 cm³/mol. The lowest BCUT2D eigenvalue weighted by Crippen LogP contribution is -2.33. The van der Waals surface area contributed by atoms with Crippen LogP contribution in [0.5, 0.6) is 0 Å². The van der Waals surface area contributed by atoms with Crippen molar-refractivity contribution in [1.82, 2.24) is 20.5 Å². The second-order valence-electron chi connectivity index (χ2n) is 7.65. The Kier molecular flexibility index (Phi) is 5.34. The Labute approximate surface area is 166 Å². The van der Waals surface area contributed by atoms with E-state index in [4.69, 9.17) is 4.74 Å². The van der Waals surface area contributed by atoms with Crippen molar-refractivity contribution in [2.24, 2.45) is 0 Å². The lowest BCUT2D eigenvalue weighted by molar-refractivity contribution is 0.0981. The number of carbonyl (C=O) groups is 1. The summed E-state index contributed by atoms with van der Waals surface area (Å²) in [5, 5.41) is 13.3. The molecule has 1 aliphatic heterocycles. The largest absolute Gasteiger partial charge is 0.446 e. The molecule has 1 fully saturated rings. The van der Waals surface area contributed by atoms with E-state index in [1.807, 2.05) is 26.0 Å². The lowest BCUT2D eigenvalue weighted by atomic mass is 10.0. The molecule has 3 atom stereocenters. The van der Waals surface area contributed by atoms with Crippen LogP contribution < -0.4 is 10.6 Å². The molecule has 2 aliphatic rings. The number of alkyl carbamates (subject to hydrolysis) is 1. The molecule has 9 heteroatoms. The maximum Gasteiger partial charge on any atom is 0.407 e. The zero-order chi connectivity index (χ0) is 19.7. The number of anilines is 2. The summed E-state index contributed by atoms with van der Waals surface area (Å²) in [6.07, 6.45) is 4.75. The maximum atomic E-state index is 12.0. The minimum absolute atomic E-state index is 0.0659. The monoisotopic (exact) mass is 403 g/mol. The molecule has 0 spiro atoms. The van der Waals surface area contributed by atoms with Crippen LogP contribution in [0.25, 0.3) is 0 Å². The Bertz CT molecular complexity index is 897. The third-order valence-electron chi connectivity index (χ3n) is 5.10. The van der Waals surface area contributed by atoms with E-state index < -0.39 is 10.8 Å². The molecule has 0 aromatic carbocycles. The van der Waals surface area contributed by atoms with Crippen LogP contribution in [0.15, 0.2) is 23.2 Å². The van der Waals surface area contributed by atoms with Gasteiger partial charge in [-0.1, -0.05) is 0 Å². The van der Waals surface area contributed by atoms with Gasteiger partial charge in [0.2, 0.25) is 0 Å². The fourth-order valence-corrected chi connectivity index (χ4v) is 5.05. The SMILES string of the molecule is CC(C)NC(=O)OC1CCC(c2cc(Nc3cc4c(cn3)CCS4=O)n[nH]2)C1. The number of ether oxygens (including phenoxy) is 1. The van der Waals surface area contributed by atoms with Crippen molar-refractivity contribution in [2.45, 2.75) is 62.5 Å². The molecule has 8 nitrogen and oxygen atoms in total. The molecular weight excluding hydrogens is 378 g/mol. The molecule has 3 heterocycles. The fourth-order valence-electron chi connectivity index (χ4n) is 3.74.